The first kappa shape index (κ1) is 24.4. The monoisotopic (exact) mass is 456 g/mol. The van der Waals surface area contributed by atoms with Gasteiger partial charge in [0.25, 0.3) is 0 Å². The van der Waals surface area contributed by atoms with E-state index in [-0.39, 0.29) is 40.6 Å². The van der Waals surface area contributed by atoms with Crippen LogP contribution in [0.5, 0.6) is 0 Å². The van der Waals surface area contributed by atoms with Crippen molar-refractivity contribution in [1.82, 2.24) is 0 Å². The molecule has 0 radical (unpaired) electrons. The number of aliphatic carboxylic acids is 1. The van der Waals surface area contributed by atoms with Crippen LogP contribution < -0.4 is 0 Å². The average Bonchev–Trinajstić information content (AvgIpc) is 3.06. The summed E-state index contributed by atoms with van der Waals surface area (Å²) < 4.78 is 28.1. The Bertz CT molecular complexity index is 729. The fraction of sp³-hybridized carbons (Fsp3) is 0.962. The van der Waals surface area contributed by atoms with Gasteiger partial charge >= 0.3 is 11.9 Å². The Morgan fingerprint density at radius 2 is 1.66 bits per heavy atom. The highest BCUT2D eigenvalue weighted by atomic mass is 19.3. The molecule has 0 aromatic rings. The minimum Gasteiger partial charge on any atom is -0.477 e. The molecule has 4 fully saturated rings. The molecule has 184 valence electrons. The molecule has 4 nitrogen and oxygen atoms in total. The van der Waals surface area contributed by atoms with Crippen LogP contribution in [0.25, 0.3) is 0 Å². The van der Waals surface area contributed by atoms with Gasteiger partial charge in [0.15, 0.2) is 0 Å². The SMILES string of the molecule is CC[C@@H]1C2C[C@H](O)CCC2(C)C2CCC3(C)C(CCC3[C@H](C)CC(F)(F)C(=O)O)C2[C@@H]1O. The summed E-state index contributed by atoms with van der Waals surface area (Å²) in [6, 6.07) is 0. The third-order valence-electron chi connectivity index (χ3n) is 11.0. The van der Waals surface area contributed by atoms with Crippen LogP contribution in [-0.4, -0.2) is 39.4 Å². The normalized spacial score (nSPS) is 49.6. The molecule has 32 heavy (non-hydrogen) atoms. The first-order valence-electron chi connectivity index (χ1n) is 12.8. The van der Waals surface area contributed by atoms with Gasteiger partial charge in [0.2, 0.25) is 0 Å². The molecule has 4 rings (SSSR count). The second-order valence-electron chi connectivity index (χ2n) is 12.3. The maximum atomic E-state index is 14.0. The third kappa shape index (κ3) is 3.54. The highest BCUT2D eigenvalue weighted by molar-refractivity contribution is 5.75. The Labute approximate surface area is 191 Å². The Balaban J connectivity index is 1.62. The zero-order chi connectivity index (χ0) is 23.6. The lowest BCUT2D eigenvalue weighted by molar-refractivity contribution is -0.204. The highest BCUT2D eigenvalue weighted by Gasteiger charge is 2.65. The molecular weight excluding hydrogens is 414 g/mol. The molecule has 0 spiro atoms. The number of alkyl halides is 2. The smallest absolute Gasteiger partial charge is 0.374 e. The van der Waals surface area contributed by atoms with E-state index < -0.39 is 24.4 Å². The van der Waals surface area contributed by atoms with Gasteiger partial charge in [0.1, 0.15) is 0 Å². The Morgan fingerprint density at radius 1 is 1.03 bits per heavy atom. The summed E-state index contributed by atoms with van der Waals surface area (Å²) in [6.45, 7) is 8.56. The van der Waals surface area contributed by atoms with Gasteiger partial charge in [-0.2, -0.15) is 8.78 Å². The number of hydrogen-bond acceptors (Lipinski definition) is 3. The summed E-state index contributed by atoms with van der Waals surface area (Å²) in [6.07, 6.45) is 5.93. The van der Waals surface area contributed by atoms with Gasteiger partial charge in [-0.3, -0.25) is 0 Å². The van der Waals surface area contributed by atoms with Crippen molar-refractivity contribution in [2.75, 3.05) is 0 Å². The molecule has 0 amide bonds. The second-order valence-corrected chi connectivity index (χ2v) is 12.3. The van der Waals surface area contributed by atoms with Crippen molar-refractivity contribution < 1.29 is 28.9 Å². The van der Waals surface area contributed by atoms with E-state index in [0.717, 1.165) is 51.4 Å². The number of carboxylic acids is 1. The van der Waals surface area contributed by atoms with Crippen LogP contribution >= 0.6 is 0 Å². The molecular formula is C26H42F2O4. The van der Waals surface area contributed by atoms with Gasteiger partial charge in [0.05, 0.1) is 12.2 Å². The van der Waals surface area contributed by atoms with Crippen LogP contribution in [0, 0.1) is 52.3 Å². The number of aliphatic hydroxyl groups is 2. The van der Waals surface area contributed by atoms with Crippen LogP contribution in [0.4, 0.5) is 8.78 Å². The van der Waals surface area contributed by atoms with Crippen molar-refractivity contribution in [3.63, 3.8) is 0 Å². The summed E-state index contributed by atoms with van der Waals surface area (Å²) in [7, 11) is 0. The van der Waals surface area contributed by atoms with E-state index in [9.17, 15) is 23.8 Å². The lowest BCUT2D eigenvalue weighted by Crippen LogP contribution is -2.62. The van der Waals surface area contributed by atoms with Crippen LogP contribution in [-0.2, 0) is 4.79 Å². The summed E-state index contributed by atoms with van der Waals surface area (Å²) in [5, 5.41) is 31.0. The van der Waals surface area contributed by atoms with E-state index in [4.69, 9.17) is 5.11 Å². The van der Waals surface area contributed by atoms with Crippen molar-refractivity contribution in [2.45, 2.75) is 104 Å². The minimum atomic E-state index is -3.69. The second kappa shape index (κ2) is 8.18. The molecule has 4 aliphatic rings. The molecule has 6 heteroatoms. The summed E-state index contributed by atoms with van der Waals surface area (Å²) in [5.74, 6) is -4.65. The highest BCUT2D eigenvalue weighted by Crippen LogP contribution is 2.69. The van der Waals surface area contributed by atoms with Crippen molar-refractivity contribution in [1.29, 1.82) is 0 Å². The first-order valence-corrected chi connectivity index (χ1v) is 12.8. The Hall–Kier alpha value is -0.750. The number of rotatable bonds is 5. The number of fused-ring (bicyclic) bond motifs is 5. The van der Waals surface area contributed by atoms with Crippen LogP contribution in [0.15, 0.2) is 0 Å². The van der Waals surface area contributed by atoms with E-state index in [0.29, 0.717) is 17.8 Å². The fourth-order valence-electron chi connectivity index (χ4n) is 9.57. The van der Waals surface area contributed by atoms with Crippen LogP contribution in [0.1, 0.15) is 85.5 Å². The average molecular weight is 457 g/mol. The first-order chi connectivity index (χ1) is 14.9. The predicted molar refractivity (Wildman–Crippen MR) is 118 cm³/mol. The van der Waals surface area contributed by atoms with Crippen molar-refractivity contribution in [3.05, 3.63) is 0 Å². The van der Waals surface area contributed by atoms with E-state index >= 15 is 0 Å². The van der Waals surface area contributed by atoms with Gasteiger partial charge in [-0.25, -0.2) is 4.79 Å². The largest absolute Gasteiger partial charge is 0.477 e. The lowest BCUT2D eigenvalue weighted by atomic mass is 9.41. The molecule has 7 unspecified atom stereocenters. The quantitative estimate of drug-likeness (QED) is 0.520. The van der Waals surface area contributed by atoms with Gasteiger partial charge < -0.3 is 15.3 Å². The number of hydrogen-bond donors (Lipinski definition) is 3. The fourth-order valence-corrected chi connectivity index (χ4v) is 9.57. The number of carbonyl (C=O) groups is 1. The zero-order valence-electron chi connectivity index (χ0n) is 20.1. The Kier molecular flexibility index (Phi) is 6.23. The molecule has 0 aromatic carbocycles. The van der Waals surface area contributed by atoms with Crippen LogP contribution in [0.2, 0.25) is 0 Å². The van der Waals surface area contributed by atoms with Crippen molar-refractivity contribution >= 4 is 5.97 Å². The predicted octanol–water partition coefficient (Wildman–Crippen LogP) is 5.36. The summed E-state index contributed by atoms with van der Waals surface area (Å²) >= 11 is 0. The molecule has 0 aliphatic heterocycles. The van der Waals surface area contributed by atoms with E-state index in [1.54, 1.807) is 6.92 Å². The molecule has 0 aromatic heterocycles. The molecule has 0 saturated heterocycles. The van der Waals surface area contributed by atoms with Crippen molar-refractivity contribution in [3.8, 4) is 0 Å². The van der Waals surface area contributed by atoms with Gasteiger partial charge in [-0.05, 0) is 97.2 Å². The van der Waals surface area contributed by atoms with Gasteiger partial charge in [-0.1, -0.05) is 34.1 Å². The van der Waals surface area contributed by atoms with E-state index in [1.165, 1.54) is 0 Å². The van der Waals surface area contributed by atoms with Gasteiger partial charge in [0, 0.05) is 6.42 Å². The van der Waals surface area contributed by atoms with E-state index in [2.05, 4.69) is 20.8 Å². The minimum absolute atomic E-state index is 0.0599. The number of carboxylic acid groups (broad SMARTS) is 1. The molecule has 4 saturated carbocycles. The zero-order valence-corrected chi connectivity index (χ0v) is 20.1. The molecule has 3 N–H and O–H groups in total. The molecule has 0 heterocycles. The maximum absolute atomic E-state index is 14.0. The molecule has 0 bridgehead atoms. The molecule has 4 aliphatic carbocycles. The topological polar surface area (TPSA) is 77.8 Å². The maximum Gasteiger partial charge on any atom is 0.374 e. The number of halogens is 2. The van der Waals surface area contributed by atoms with Crippen molar-refractivity contribution in [2.24, 2.45) is 52.3 Å². The van der Waals surface area contributed by atoms with E-state index in [1.807, 2.05) is 0 Å². The lowest BCUT2D eigenvalue weighted by Gasteiger charge is -2.64. The summed E-state index contributed by atoms with van der Waals surface area (Å²) in [4.78, 5) is 11.0. The Morgan fingerprint density at radius 3 is 2.28 bits per heavy atom. The summed E-state index contributed by atoms with van der Waals surface area (Å²) in [5.41, 5.74) is -0.0169. The molecule has 11 atom stereocenters. The standard InChI is InChI=1S/C26H42F2O4/c1-5-16-20-12-15(29)8-10-25(20,4)19-9-11-24(3)17(6-7-18(24)21(19)22(16)30)14(2)13-26(27,28)23(31)32/h14-22,29-30H,5-13H2,1-4H3,(H,31,32)/t14-,15-,16-,17?,18?,19?,20?,21?,22-,24?,25?/m1/s1. The number of aliphatic hydroxyl groups excluding tert-OH is 2. The third-order valence-corrected chi connectivity index (χ3v) is 11.0. The van der Waals surface area contributed by atoms with Gasteiger partial charge in [-0.15, -0.1) is 0 Å². The van der Waals surface area contributed by atoms with Crippen LogP contribution in [0.3, 0.4) is 0 Å².